The van der Waals surface area contributed by atoms with E-state index in [4.69, 9.17) is 16.3 Å². The van der Waals surface area contributed by atoms with Crippen molar-refractivity contribution in [2.75, 3.05) is 12.9 Å². The van der Waals surface area contributed by atoms with E-state index in [2.05, 4.69) is 11.4 Å². The molecule has 0 fully saturated rings. The molecule has 0 saturated carbocycles. The molecule has 0 aromatic heterocycles. The SMILES string of the molecule is CCSC1=C(C#N)[C@H](c2ccc(Cl)cc2)[C@@H](C(=O)OC)C(=O)N1. The first-order valence-electron chi connectivity index (χ1n) is 6.94. The summed E-state index contributed by atoms with van der Waals surface area (Å²) in [5.41, 5.74) is 1.03. The van der Waals surface area contributed by atoms with E-state index in [9.17, 15) is 14.9 Å². The number of thioether (sulfide) groups is 1. The highest BCUT2D eigenvalue weighted by molar-refractivity contribution is 8.03. The van der Waals surface area contributed by atoms with Gasteiger partial charge in [0.1, 0.15) is 5.92 Å². The smallest absolute Gasteiger partial charge is 0.319 e. The van der Waals surface area contributed by atoms with Gasteiger partial charge in [0.05, 0.1) is 23.8 Å². The van der Waals surface area contributed by atoms with Crippen molar-refractivity contribution in [3.8, 4) is 6.07 Å². The number of nitrogens with one attached hydrogen (secondary N) is 1. The van der Waals surface area contributed by atoms with Gasteiger partial charge in [0.2, 0.25) is 5.91 Å². The third-order valence-corrected chi connectivity index (χ3v) is 4.65. The number of allylic oxidation sites excluding steroid dienone is 1. The normalized spacial score (nSPS) is 20.7. The third kappa shape index (κ3) is 3.52. The quantitative estimate of drug-likeness (QED) is 0.667. The van der Waals surface area contributed by atoms with Gasteiger partial charge in [-0.3, -0.25) is 9.59 Å². The van der Waals surface area contributed by atoms with Gasteiger partial charge in [0, 0.05) is 10.9 Å². The van der Waals surface area contributed by atoms with E-state index in [1.54, 1.807) is 24.3 Å². The minimum absolute atomic E-state index is 0.356. The van der Waals surface area contributed by atoms with Crippen LogP contribution in [0.25, 0.3) is 0 Å². The second kappa shape index (κ2) is 7.53. The largest absolute Gasteiger partial charge is 0.468 e. The van der Waals surface area contributed by atoms with Crippen LogP contribution in [-0.4, -0.2) is 24.7 Å². The van der Waals surface area contributed by atoms with Gasteiger partial charge < -0.3 is 10.1 Å². The Bertz CT molecular complexity index is 694. The number of hydrogen-bond acceptors (Lipinski definition) is 5. The molecule has 120 valence electrons. The van der Waals surface area contributed by atoms with Crippen LogP contribution in [0.1, 0.15) is 18.4 Å². The van der Waals surface area contributed by atoms with Crippen molar-refractivity contribution >= 4 is 35.2 Å². The molecule has 7 heteroatoms. The summed E-state index contributed by atoms with van der Waals surface area (Å²) >= 11 is 7.26. The van der Waals surface area contributed by atoms with Gasteiger partial charge in [-0.2, -0.15) is 5.26 Å². The number of esters is 1. The van der Waals surface area contributed by atoms with Gasteiger partial charge in [0.25, 0.3) is 0 Å². The molecule has 2 rings (SSSR count). The van der Waals surface area contributed by atoms with E-state index in [1.165, 1.54) is 18.9 Å². The number of hydrogen-bond donors (Lipinski definition) is 1. The third-order valence-electron chi connectivity index (χ3n) is 3.50. The molecule has 0 bridgehead atoms. The molecule has 1 N–H and O–H groups in total. The highest BCUT2D eigenvalue weighted by Crippen LogP contribution is 2.40. The number of rotatable bonds is 4. The molecule has 1 heterocycles. The number of amides is 1. The molecule has 1 aromatic carbocycles. The number of carbonyl (C=O) groups is 2. The number of ether oxygens (including phenoxy) is 1. The summed E-state index contributed by atoms with van der Waals surface area (Å²) < 4.78 is 4.76. The van der Waals surface area contributed by atoms with Gasteiger partial charge in [-0.25, -0.2) is 0 Å². The summed E-state index contributed by atoms with van der Waals surface area (Å²) in [6.45, 7) is 1.92. The molecular formula is C16H15ClN2O3S. The summed E-state index contributed by atoms with van der Waals surface area (Å²) in [5, 5.41) is 13.3. The first-order chi connectivity index (χ1) is 11.0. The molecular weight excluding hydrogens is 336 g/mol. The number of nitrogens with zero attached hydrogens (tertiary/aromatic N) is 1. The van der Waals surface area contributed by atoms with Crippen LogP contribution in [0.3, 0.4) is 0 Å². The molecule has 0 aliphatic carbocycles. The molecule has 2 atom stereocenters. The second-order valence-electron chi connectivity index (χ2n) is 4.81. The number of methoxy groups -OCH3 is 1. The van der Waals surface area contributed by atoms with Gasteiger partial charge >= 0.3 is 5.97 Å². The van der Waals surface area contributed by atoms with Crippen molar-refractivity contribution in [1.29, 1.82) is 5.26 Å². The highest BCUT2D eigenvalue weighted by Gasteiger charge is 2.44. The predicted octanol–water partition coefficient (Wildman–Crippen LogP) is 2.83. The summed E-state index contributed by atoms with van der Waals surface area (Å²) in [6, 6.07) is 8.90. The first-order valence-corrected chi connectivity index (χ1v) is 8.31. The Morgan fingerprint density at radius 1 is 1.43 bits per heavy atom. The van der Waals surface area contributed by atoms with Crippen LogP contribution < -0.4 is 5.32 Å². The molecule has 5 nitrogen and oxygen atoms in total. The summed E-state index contributed by atoms with van der Waals surface area (Å²) in [4.78, 5) is 24.5. The zero-order valence-electron chi connectivity index (χ0n) is 12.6. The zero-order valence-corrected chi connectivity index (χ0v) is 14.2. The Labute approximate surface area is 143 Å². The molecule has 0 spiro atoms. The van der Waals surface area contributed by atoms with Crippen LogP contribution in [-0.2, 0) is 14.3 Å². The van der Waals surface area contributed by atoms with Crippen molar-refractivity contribution in [2.24, 2.45) is 5.92 Å². The highest BCUT2D eigenvalue weighted by atomic mass is 35.5. The van der Waals surface area contributed by atoms with Gasteiger partial charge in [-0.05, 0) is 23.4 Å². The van der Waals surface area contributed by atoms with Crippen LogP contribution in [0.15, 0.2) is 34.9 Å². The maximum Gasteiger partial charge on any atom is 0.319 e. The minimum atomic E-state index is -1.10. The monoisotopic (exact) mass is 350 g/mol. The fourth-order valence-corrected chi connectivity index (χ4v) is 3.41. The average molecular weight is 351 g/mol. The van der Waals surface area contributed by atoms with E-state index in [1.807, 2.05) is 6.92 Å². The van der Waals surface area contributed by atoms with E-state index >= 15 is 0 Å². The number of nitriles is 1. The maximum absolute atomic E-state index is 12.4. The van der Waals surface area contributed by atoms with Crippen LogP contribution >= 0.6 is 23.4 Å². The summed E-state index contributed by atoms with van der Waals surface area (Å²) in [7, 11) is 1.22. The lowest BCUT2D eigenvalue weighted by atomic mass is 9.78. The maximum atomic E-state index is 12.4. The molecule has 1 amide bonds. The number of halogens is 1. The van der Waals surface area contributed by atoms with E-state index in [0.29, 0.717) is 26.9 Å². The molecule has 1 aliphatic heterocycles. The Morgan fingerprint density at radius 3 is 2.61 bits per heavy atom. The Hall–Kier alpha value is -1.97. The van der Waals surface area contributed by atoms with Crippen molar-refractivity contribution in [3.63, 3.8) is 0 Å². The first kappa shape index (κ1) is 17.4. The van der Waals surface area contributed by atoms with Crippen molar-refractivity contribution in [3.05, 3.63) is 45.5 Å². The number of carbonyl (C=O) groups excluding carboxylic acids is 2. The average Bonchev–Trinajstić information content (AvgIpc) is 2.54. The lowest BCUT2D eigenvalue weighted by molar-refractivity contribution is -0.150. The zero-order chi connectivity index (χ0) is 17.0. The van der Waals surface area contributed by atoms with Crippen LogP contribution in [0.2, 0.25) is 5.02 Å². The van der Waals surface area contributed by atoms with Gasteiger partial charge in [0.15, 0.2) is 0 Å². The van der Waals surface area contributed by atoms with Gasteiger partial charge in [-0.15, -0.1) is 11.8 Å². The van der Waals surface area contributed by atoms with Gasteiger partial charge in [-0.1, -0.05) is 30.7 Å². The Balaban J connectivity index is 2.61. The molecule has 0 radical (unpaired) electrons. The van der Waals surface area contributed by atoms with Crippen molar-refractivity contribution in [1.82, 2.24) is 5.32 Å². The molecule has 1 aliphatic rings. The number of benzene rings is 1. The predicted molar refractivity (Wildman–Crippen MR) is 88.6 cm³/mol. The topological polar surface area (TPSA) is 79.2 Å². The van der Waals surface area contributed by atoms with Crippen molar-refractivity contribution in [2.45, 2.75) is 12.8 Å². The molecule has 0 unspecified atom stereocenters. The van der Waals surface area contributed by atoms with Crippen LogP contribution in [0.5, 0.6) is 0 Å². The lowest BCUT2D eigenvalue weighted by Gasteiger charge is -2.30. The molecule has 0 saturated heterocycles. The summed E-state index contributed by atoms with van der Waals surface area (Å²) in [6.07, 6.45) is 0. The second-order valence-corrected chi connectivity index (χ2v) is 6.52. The summed E-state index contributed by atoms with van der Waals surface area (Å²) in [5.74, 6) is -2.23. The fraction of sp³-hybridized carbons (Fsp3) is 0.312. The molecule has 23 heavy (non-hydrogen) atoms. The Kier molecular flexibility index (Phi) is 5.69. The van der Waals surface area contributed by atoms with Crippen molar-refractivity contribution < 1.29 is 14.3 Å². The molecule has 1 aromatic rings. The standard InChI is InChI=1S/C16H15ClN2O3S/c1-3-23-15-11(8-18)12(9-4-6-10(17)7-5-9)13(14(20)19-15)16(21)22-2/h4-7,12-13H,3H2,1-2H3,(H,19,20)/t12-,13+/m0/s1. The van der Waals surface area contributed by atoms with Crippen LogP contribution in [0, 0.1) is 17.2 Å². The lowest BCUT2D eigenvalue weighted by Crippen LogP contribution is -2.44. The fourth-order valence-electron chi connectivity index (χ4n) is 2.49. The Morgan fingerprint density at radius 2 is 2.09 bits per heavy atom. The van der Waals surface area contributed by atoms with E-state index in [0.717, 1.165) is 0 Å². The van der Waals surface area contributed by atoms with E-state index in [-0.39, 0.29) is 0 Å². The van der Waals surface area contributed by atoms with E-state index < -0.39 is 23.7 Å². The minimum Gasteiger partial charge on any atom is -0.468 e. The van der Waals surface area contributed by atoms with Crippen LogP contribution in [0.4, 0.5) is 0 Å².